The van der Waals surface area contributed by atoms with Crippen molar-refractivity contribution in [2.24, 2.45) is 5.92 Å². The average molecular weight is 258 g/mol. The Balaban J connectivity index is 2.25. The highest BCUT2D eigenvalue weighted by molar-refractivity contribution is 6.33. The molecule has 6 nitrogen and oxygen atoms in total. The lowest BCUT2D eigenvalue weighted by Gasteiger charge is -2.32. The van der Waals surface area contributed by atoms with Gasteiger partial charge in [-0.15, -0.1) is 0 Å². The number of carbonyl (C=O) groups is 1. The lowest BCUT2D eigenvalue weighted by molar-refractivity contribution is -0.141. The van der Waals surface area contributed by atoms with Crippen molar-refractivity contribution in [1.29, 1.82) is 0 Å². The van der Waals surface area contributed by atoms with E-state index in [4.69, 9.17) is 16.7 Å². The quantitative estimate of drug-likeness (QED) is 0.815. The van der Waals surface area contributed by atoms with Gasteiger partial charge in [0.15, 0.2) is 0 Å². The molecular weight excluding hydrogens is 246 g/mol. The van der Waals surface area contributed by atoms with Crippen molar-refractivity contribution >= 4 is 23.3 Å². The number of carboxylic acid groups (broad SMARTS) is 1. The molecule has 1 atom stereocenters. The Kier molecular flexibility index (Phi) is 3.33. The van der Waals surface area contributed by atoms with Gasteiger partial charge in [-0.25, -0.2) is 5.10 Å². The van der Waals surface area contributed by atoms with Crippen LogP contribution in [0.5, 0.6) is 0 Å². The third kappa shape index (κ3) is 2.41. The molecule has 1 saturated heterocycles. The van der Waals surface area contributed by atoms with Crippen molar-refractivity contribution < 1.29 is 9.90 Å². The molecule has 0 bridgehead atoms. The molecule has 92 valence electrons. The average Bonchev–Trinajstić information content (AvgIpc) is 2.33. The molecule has 2 N–H and O–H groups in total. The molecule has 0 saturated carbocycles. The number of halogens is 1. The van der Waals surface area contributed by atoms with E-state index in [0.717, 1.165) is 6.42 Å². The van der Waals surface area contributed by atoms with Gasteiger partial charge in [0.1, 0.15) is 5.02 Å². The van der Waals surface area contributed by atoms with Crippen molar-refractivity contribution in [1.82, 2.24) is 10.2 Å². The van der Waals surface area contributed by atoms with Gasteiger partial charge in [0.05, 0.1) is 17.8 Å². The summed E-state index contributed by atoms with van der Waals surface area (Å²) in [5.74, 6) is -1.23. The smallest absolute Gasteiger partial charge is 0.308 e. The second-order valence-corrected chi connectivity index (χ2v) is 4.40. The minimum absolute atomic E-state index is 0.0611. The van der Waals surface area contributed by atoms with Crippen LogP contribution in [-0.2, 0) is 4.79 Å². The Hall–Kier alpha value is -1.56. The van der Waals surface area contributed by atoms with Gasteiger partial charge in [-0.05, 0) is 12.8 Å². The minimum atomic E-state index is -0.816. The summed E-state index contributed by atoms with van der Waals surface area (Å²) in [4.78, 5) is 24.0. The molecular formula is C10H12ClN3O3. The molecule has 2 heterocycles. The number of aromatic amines is 1. The van der Waals surface area contributed by atoms with Crippen LogP contribution >= 0.6 is 11.6 Å². The molecule has 17 heavy (non-hydrogen) atoms. The van der Waals surface area contributed by atoms with E-state index in [1.54, 1.807) is 4.90 Å². The van der Waals surface area contributed by atoms with Gasteiger partial charge in [-0.2, -0.15) is 5.10 Å². The van der Waals surface area contributed by atoms with Crippen LogP contribution in [0, 0.1) is 5.92 Å². The van der Waals surface area contributed by atoms with Gasteiger partial charge in [-0.3, -0.25) is 9.59 Å². The van der Waals surface area contributed by atoms with Gasteiger partial charge in [0.25, 0.3) is 5.56 Å². The maximum atomic E-state index is 11.3. The fourth-order valence-electron chi connectivity index (χ4n) is 1.99. The molecule has 1 aliphatic heterocycles. The second-order valence-electron chi connectivity index (χ2n) is 4.02. The van der Waals surface area contributed by atoms with E-state index in [0.29, 0.717) is 25.2 Å². The first-order valence-corrected chi connectivity index (χ1v) is 5.68. The van der Waals surface area contributed by atoms with Crippen molar-refractivity contribution in [2.45, 2.75) is 12.8 Å². The number of nitrogens with zero attached hydrogens (tertiary/aromatic N) is 2. The number of nitrogens with one attached hydrogen (secondary N) is 1. The van der Waals surface area contributed by atoms with Crippen LogP contribution in [0.2, 0.25) is 5.02 Å². The van der Waals surface area contributed by atoms with E-state index in [2.05, 4.69) is 10.2 Å². The molecule has 1 aliphatic rings. The maximum absolute atomic E-state index is 11.3. The van der Waals surface area contributed by atoms with Gasteiger partial charge in [-0.1, -0.05) is 11.6 Å². The number of aromatic nitrogens is 2. The van der Waals surface area contributed by atoms with E-state index in [1.165, 1.54) is 6.20 Å². The number of carboxylic acids is 1. The summed E-state index contributed by atoms with van der Waals surface area (Å²) in [5, 5.41) is 15.0. The van der Waals surface area contributed by atoms with Crippen LogP contribution < -0.4 is 10.5 Å². The number of aliphatic carboxylic acids is 1. The van der Waals surface area contributed by atoms with Crippen LogP contribution in [0.4, 0.5) is 5.69 Å². The van der Waals surface area contributed by atoms with E-state index >= 15 is 0 Å². The highest BCUT2D eigenvalue weighted by Crippen LogP contribution is 2.26. The third-order valence-corrected chi connectivity index (χ3v) is 3.25. The summed E-state index contributed by atoms with van der Waals surface area (Å²) in [5.41, 5.74) is 0.0444. The summed E-state index contributed by atoms with van der Waals surface area (Å²) in [7, 11) is 0. The first-order valence-electron chi connectivity index (χ1n) is 5.30. The molecule has 0 spiro atoms. The number of hydrogen-bond acceptors (Lipinski definition) is 4. The molecule has 7 heteroatoms. The van der Waals surface area contributed by atoms with E-state index < -0.39 is 17.4 Å². The second kappa shape index (κ2) is 4.75. The minimum Gasteiger partial charge on any atom is -0.481 e. The lowest BCUT2D eigenvalue weighted by Crippen LogP contribution is -2.39. The Morgan fingerprint density at radius 3 is 3.12 bits per heavy atom. The van der Waals surface area contributed by atoms with Gasteiger partial charge in [0, 0.05) is 13.1 Å². The number of rotatable bonds is 2. The van der Waals surface area contributed by atoms with E-state index in [1.807, 2.05) is 0 Å². The summed E-state index contributed by atoms with van der Waals surface area (Å²) in [6.07, 6.45) is 2.87. The molecule has 0 aromatic carbocycles. The summed E-state index contributed by atoms with van der Waals surface area (Å²) >= 11 is 5.88. The zero-order valence-electron chi connectivity index (χ0n) is 9.02. The van der Waals surface area contributed by atoms with E-state index in [9.17, 15) is 9.59 Å². The SMILES string of the molecule is O=C(O)C1CCCN(c2cn[nH]c(=O)c2Cl)C1. The molecule has 0 aliphatic carbocycles. The van der Waals surface area contributed by atoms with Crippen LogP contribution in [0.25, 0.3) is 0 Å². The maximum Gasteiger partial charge on any atom is 0.308 e. The highest BCUT2D eigenvalue weighted by Gasteiger charge is 2.27. The van der Waals surface area contributed by atoms with Crippen molar-refractivity contribution in [3.8, 4) is 0 Å². The Labute approximate surface area is 102 Å². The predicted octanol–water partition coefficient (Wildman–Crippen LogP) is 0.724. The Bertz CT molecular complexity index is 488. The molecule has 1 fully saturated rings. The van der Waals surface area contributed by atoms with E-state index in [-0.39, 0.29) is 5.02 Å². The van der Waals surface area contributed by atoms with Gasteiger partial charge >= 0.3 is 5.97 Å². The van der Waals surface area contributed by atoms with Gasteiger partial charge in [0.2, 0.25) is 0 Å². The lowest BCUT2D eigenvalue weighted by atomic mass is 9.98. The Morgan fingerprint density at radius 1 is 1.65 bits per heavy atom. The summed E-state index contributed by atoms with van der Waals surface area (Å²) < 4.78 is 0. The zero-order chi connectivity index (χ0) is 12.4. The summed E-state index contributed by atoms with van der Waals surface area (Å²) in [6.45, 7) is 1.05. The van der Waals surface area contributed by atoms with Crippen molar-refractivity contribution in [3.05, 3.63) is 21.6 Å². The van der Waals surface area contributed by atoms with Crippen molar-refractivity contribution in [3.63, 3.8) is 0 Å². The Morgan fingerprint density at radius 2 is 2.41 bits per heavy atom. The number of hydrogen-bond donors (Lipinski definition) is 2. The zero-order valence-corrected chi connectivity index (χ0v) is 9.78. The molecule has 0 radical (unpaired) electrons. The molecule has 1 aromatic heterocycles. The number of H-pyrrole nitrogens is 1. The van der Waals surface area contributed by atoms with Crippen LogP contribution in [0.3, 0.4) is 0 Å². The highest BCUT2D eigenvalue weighted by atomic mass is 35.5. The molecule has 1 aromatic rings. The largest absolute Gasteiger partial charge is 0.481 e. The van der Waals surface area contributed by atoms with Crippen LogP contribution in [0.15, 0.2) is 11.0 Å². The fraction of sp³-hybridized carbons (Fsp3) is 0.500. The normalized spacial score (nSPS) is 20.3. The fourth-order valence-corrected chi connectivity index (χ4v) is 2.20. The standard InChI is InChI=1S/C10H12ClN3O3/c11-8-7(4-12-13-9(8)15)14-3-1-2-6(5-14)10(16)17/h4,6H,1-3,5H2,(H,13,15)(H,16,17). The molecule has 0 amide bonds. The first kappa shape index (κ1) is 11.9. The van der Waals surface area contributed by atoms with Crippen molar-refractivity contribution in [2.75, 3.05) is 18.0 Å². The third-order valence-electron chi connectivity index (χ3n) is 2.89. The molecule has 1 unspecified atom stereocenters. The first-order chi connectivity index (χ1) is 8.09. The summed E-state index contributed by atoms with van der Waals surface area (Å²) in [6, 6.07) is 0. The van der Waals surface area contributed by atoms with Crippen LogP contribution in [-0.4, -0.2) is 34.4 Å². The number of anilines is 1. The van der Waals surface area contributed by atoms with Gasteiger partial charge < -0.3 is 10.0 Å². The predicted molar refractivity (Wildman–Crippen MR) is 62.4 cm³/mol. The number of piperidine rings is 1. The monoisotopic (exact) mass is 257 g/mol. The van der Waals surface area contributed by atoms with Crippen LogP contribution in [0.1, 0.15) is 12.8 Å². The molecule has 2 rings (SSSR count). The topological polar surface area (TPSA) is 86.3 Å².